The number of anilines is 1. The summed E-state index contributed by atoms with van der Waals surface area (Å²) in [4.78, 5) is 14.9. The molecule has 1 saturated heterocycles. The van der Waals surface area contributed by atoms with Crippen LogP contribution in [0.1, 0.15) is 5.56 Å². The minimum atomic E-state index is -0.545. The molecule has 4 nitrogen and oxygen atoms in total. The first-order valence-corrected chi connectivity index (χ1v) is 5.31. The van der Waals surface area contributed by atoms with Crippen molar-refractivity contribution in [2.75, 3.05) is 31.6 Å². The van der Waals surface area contributed by atoms with Crippen LogP contribution >= 0.6 is 0 Å². The number of benzene rings is 1. The third kappa shape index (κ3) is 2.07. The molecule has 0 atom stereocenters. The highest BCUT2D eigenvalue weighted by Gasteiger charge is 2.23. The van der Waals surface area contributed by atoms with Gasteiger partial charge in [0.25, 0.3) is 0 Å². The number of amides is 1. The fraction of sp³-hybridized carbons (Fsp3) is 0.333. The lowest BCUT2D eigenvalue weighted by atomic mass is 10.1. The molecule has 0 bridgehead atoms. The zero-order chi connectivity index (χ0) is 12.4. The van der Waals surface area contributed by atoms with Crippen molar-refractivity contribution >= 4 is 11.6 Å². The molecule has 5 heteroatoms. The van der Waals surface area contributed by atoms with E-state index in [1.807, 2.05) is 6.07 Å². The fourth-order valence-corrected chi connectivity index (χ4v) is 1.85. The summed E-state index contributed by atoms with van der Waals surface area (Å²) in [6.45, 7) is 1.38. The van der Waals surface area contributed by atoms with Gasteiger partial charge >= 0.3 is 0 Å². The fourth-order valence-electron chi connectivity index (χ4n) is 1.85. The maximum absolute atomic E-state index is 13.4. The zero-order valence-electron chi connectivity index (χ0n) is 9.48. The second-order valence-electron chi connectivity index (χ2n) is 3.98. The number of nitriles is 1. The number of carbonyl (C=O) groups excluding carboxylic acids is 1. The van der Waals surface area contributed by atoms with E-state index in [4.69, 9.17) is 5.26 Å². The molecule has 1 fully saturated rings. The minimum absolute atomic E-state index is 0.00449. The largest absolute Gasteiger partial charge is 0.359 e. The number of carbonyl (C=O) groups is 1. The van der Waals surface area contributed by atoms with Gasteiger partial charge in [-0.05, 0) is 12.1 Å². The minimum Gasteiger partial charge on any atom is -0.359 e. The molecule has 0 saturated carbocycles. The first kappa shape index (κ1) is 11.4. The van der Waals surface area contributed by atoms with E-state index in [1.165, 1.54) is 6.07 Å². The van der Waals surface area contributed by atoms with Crippen LogP contribution in [-0.4, -0.2) is 37.5 Å². The highest BCUT2D eigenvalue weighted by atomic mass is 19.1. The Hall–Kier alpha value is -2.09. The molecule has 0 spiro atoms. The van der Waals surface area contributed by atoms with Gasteiger partial charge < -0.3 is 9.80 Å². The summed E-state index contributed by atoms with van der Waals surface area (Å²) in [6, 6.07) is 6.31. The lowest BCUT2D eigenvalue weighted by Gasteiger charge is -2.33. The Balaban J connectivity index is 2.33. The molecular weight excluding hydrogens is 221 g/mol. The van der Waals surface area contributed by atoms with E-state index in [2.05, 4.69) is 0 Å². The van der Waals surface area contributed by atoms with Crippen LogP contribution in [0, 0.1) is 17.1 Å². The average molecular weight is 233 g/mol. The summed E-state index contributed by atoms with van der Waals surface area (Å²) >= 11 is 0. The monoisotopic (exact) mass is 233 g/mol. The van der Waals surface area contributed by atoms with Gasteiger partial charge in [-0.3, -0.25) is 4.79 Å². The summed E-state index contributed by atoms with van der Waals surface area (Å²) in [5.74, 6) is -0.569. The van der Waals surface area contributed by atoms with Gasteiger partial charge in [0.05, 0.1) is 12.2 Å². The third-order valence-electron chi connectivity index (χ3n) is 2.90. The summed E-state index contributed by atoms with van der Waals surface area (Å²) < 4.78 is 13.4. The van der Waals surface area contributed by atoms with Crippen molar-refractivity contribution in [1.82, 2.24) is 4.90 Å². The number of halogens is 1. The number of hydrogen-bond donors (Lipinski definition) is 0. The van der Waals surface area contributed by atoms with Crippen LogP contribution in [0.3, 0.4) is 0 Å². The Morgan fingerprint density at radius 1 is 1.41 bits per heavy atom. The van der Waals surface area contributed by atoms with E-state index in [0.29, 0.717) is 18.8 Å². The van der Waals surface area contributed by atoms with Crippen molar-refractivity contribution in [3.63, 3.8) is 0 Å². The molecule has 1 amide bonds. The second-order valence-corrected chi connectivity index (χ2v) is 3.98. The van der Waals surface area contributed by atoms with Crippen molar-refractivity contribution in [3.05, 3.63) is 29.6 Å². The lowest BCUT2D eigenvalue weighted by molar-refractivity contribution is -0.129. The summed E-state index contributed by atoms with van der Waals surface area (Å²) in [5.41, 5.74) is 0.499. The van der Waals surface area contributed by atoms with E-state index in [9.17, 15) is 9.18 Å². The number of piperazine rings is 1. The SMILES string of the molecule is CN1CCN(c2cccc(F)c2C#N)CC1=O. The van der Waals surface area contributed by atoms with Gasteiger partial charge in [0.2, 0.25) is 5.91 Å². The van der Waals surface area contributed by atoms with Gasteiger partial charge in [0.15, 0.2) is 0 Å². The van der Waals surface area contributed by atoms with E-state index in [0.717, 1.165) is 0 Å². The van der Waals surface area contributed by atoms with Crippen LogP contribution in [0.4, 0.5) is 10.1 Å². The molecule has 0 unspecified atom stereocenters. The Morgan fingerprint density at radius 2 is 2.18 bits per heavy atom. The van der Waals surface area contributed by atoms with E-state index in [-0.39, 0.29) is 18.0 Å². The van der Waals surface area contributed by atoms with Crippen molar-refractivity contribution < 1.29 is 9.18 Å². The molecule has 17 heavy (non-hydrogen) atoms. The molecule has 1 aromatic carbocycles. The smallest absolute Gasteiger partial charge is 0.241 e. The molecule has 1 heterocycles. The Labute approximate surface area is 98.9 Å². The standard InChI is InChI=1S/C12H12FN3O/c1-15-5-6-16(8-12(15)17)11-4-2-3-10(13)9(11)7-14/h2-4H,5-6,8H2,1H3. The Bertz CT molecular complexity index is 495. The summed E-state index contributed by atoms with van der Waals surface area (Å²) in [6.07, 6.45) is 0. The maximum atomic E-state index is 13.4. The van der Waals surface area contributed by atoms with Crippen molar-refractivity contribution in [1.29, 1.82) is 5.26 Å². The van der Waals surface area contributed by atoms with Crippen LogP contribution in [0.25, 0.3) is 0 Å². The predicted octanol–water partition coefficient (Wildman–Crippen LogP) is 0.976. The van der Waals surface area contributed by atoms with Gasteiger partial charge in [0, 0.05) is 20.1 Å². The predicted molar refractivity (Wildman–Crippen MR) is 61.0 cm³/mol. The topological polar surface area (TPSA) is 47.3 Å². The van der Waals surface area contributed by atoms with Gasteiger partial charge in [-0.1, -0.05) is 6.07 Å². The zero-order valence-corrected chi connectivity index (χ0v) is 9.48. The van der Waals surface area contributed by atoms with Crippen LogP contribution in [0.2, 0.25) is 0 Å². The van der Waals surface area contributed by atoms with Crippen molar-refractivity contribution in [2.24, 2.45) is 0 Å². The molecule has 0 aromatic heterocycles. The molecular formula is C12H12FN3O. The second kappa shape index (κ2) is 4.42. The van der Waals surface area contributed by atoms with E-state index < -0.39 is 5.82 Å². The molecule has 1 aliphatic heterocycles. The van der Waals surface area contributed by atoms with E-state index >= 15 is 0 Å². The van der Waals surface area contributed by atoms with Crippen molar-refractivity contribution in [2.45, 2.75) is 0 Å². The highest BCUT2D eigenvalue weighted by molar-refractivity contribution is 5.83. The van der Waals surface area contributed by atoms with Gasteiger partial charge in [-0.15, -0.1) is 0 Å². The number of nitrogens with zero attached hydrogens (tertiary/aromatic N) is 3. The van der Waals surface area contributed by atoms with Gasteiger partial charge in [-0.25, -0.2) is 4.39 Å². The Morgan fingerprint density at radius 3 is 2.82 bits per heavy atom. The van der Waals surface area contributed by atoms with Crippen molar-refractivity contribution in [3.8, 4) is 6.07 Å². The summed E-state index contributed by atoms with van der Waals surface area (Å²) in [5, 5.41) is 8.94. The van der Waals surface area contributed by atoms with Gasteiger partial charge in [0.1, 0.15) is 17.4 Å². The summed E-state index contributed by atoms with van der Waals surface area (Å²) in [7, 11) is 1.73. The Kier molecular flexibility index (Phi) is 2.96. The normalized spacial score (nSPS) is 15.9. The van der Waals surface area contributed by atoms with Crippen LogP contribution < -0.4 is 4.90 Å². The number of hydrogen-bond acceptors (Lipinski definition) is 3. The van der Waals surface area contributed by atoms with Crippen LogP contribution in [0.15, 0.2) is 18.2 Å². The molecule has 0 N–H and O–H groups in total. The maximum Gasteiger partial charge on any atom is 0.241 e. The molecule has 88 valence electrons. The lowest BCUT2D eigenvalue weighted by Crippen LogP contribution is -2.48. The third-order valence-corrected chi connectivity index (χ3v) is 2.90. The molecule has 0 aliphatic carbocycles. The number of rotatable bonds is 1. The van der Waals surface area contributed by atoms with Gasteiger partial charge in [-0.2, -0.15) is 5.26 Å². The number of likely N-dealkylation sites (N-methyl/N-ethyl adjacent to an activating group) is 1. The average Bonchev–Trinajstić information content (AvgIpc) is 2.32. The molecule has 2 rings (SSSR count). The first-order valence-electron chi connectivity index (χ1n) is 5.31. The van der Waals surface area contributed by atoms with E-state index in [1.54, 1.807) is 29.0 Å². The van der Waals surface area contributed by atoms with Crippen LogP contribution in [0.5, 0.6) is 0 Å². The molecule has 1 aromatic rings. The first-order chi connectivity index (χ1) is 8.13. The quantitative estimate of drug-likeness (QED) is 0.726. The van der Waals surface area contributed by atoms with Crippen LogP contribution in [-0.2, 0) is 4.79 Å². The molecule has 0 radical (unpaired) electrons. The highest BCUT2D eigenvalue weighted by Crippen LogP contribution is 2.23. The molecule has 1 aliphatic rings.